The van der Waals surface area contributed by atoms with Crippen molar-refractivity contribution in [2.24, 2.45) is 0 Å². The van der Waals surface area contributed by atoms with Crippen molar-refractivity contribution in [2.75, 3.05) is 0 Å². The second-order valence-electron chi connectivity index (χ2n) is 1.83. The van der Waals surface area contributed by atoms with Crippen LogP contribution in [0.5, 0.6) is 0 Å². The van der Waals surface area contributed by atoms with Crippen LogP contribution in [-0.4, -0.2) is 4.98 Å². The Hall–Kier alpha value is -1.09. The minimum absolute atomic E-state index is 0.954. The molecule has 0 saturated carbocycles. The van der Waals surface area contributed by atoms with Crippen molar-refractivity contribution in [1.82, 2.24) is 4.98 Å². The summed E-state index contributed by atoms with van der Waals surface area (Å²) in [6, 6.07) is 1.77. The normalized spacial score (nSPS) is 10.0. The fourth-order valence-corrected chi connectivity index (χ4v) is 1.28. The van der Waals surface area contributed by atoms with Gasteiger partial charge in [0.05, 0.1) is 11.2 Å². The molecule has 2 rings (SSSR count). The van der Waals surface area contributed by atoms with Gasteiger partial charge < -0.3 is 4.42 Å². The van der Waals surface area contributed by atoms with Gasteiger partial charge in [-0.1, -0.05) is 0 Å². The maximum atomic E-state index is 4.78. The van der Waals surface area contributed by atoms with E-state index in [0.29, 0.717) is 0 Å². The lowest BCUT2D eigenvalue weighted by Gasteiger charge is -1.82. The molecule has 0 amide bonds. The van der Waals surface area contributed by atoms with Crippen LogP contribution in [0.2, 0.25) is 0 Å². The molecule has 0 atom stereocenters. The summed E-state index contributed by atoms with van der Waals surface area (Å²) < 4.78 is 4.78. The largest absolute Gasteiger partial charge is 0.460 e. The summed E-state index contributed by atoms with van der Waals surface area (Å²) >= 11 is 1.57. The zero-order chi connectivity index (χ0) is 6.81. The van der Waals surface area contributed by atoms with Crippen molar-refractivity contribution < 1.29 is 4.42 Å². The van der Waals surface area contributed by atoms with E-state index < -0.39 is 0 Å². The summed E-state index contributed by atoms with van der Waals surface area (Å²) in [4.78, 5) is 4.10. The molecule has 0 aromatic carbocycles. The molecule has 0 aliphatic rings. The van der Waals surface area contributed by atoms with Gasteiger partial charge in [0.1, 0.15) is 6.26 Å². The number of thiazole rings is 1. The molecule has 2 heterocycles. The predicted molar refractivity (Wildman–Crippen MR) is 38.7 cm³/mol. The highest BCUT2D eigenvalue weighted by molar-refractivity contribution is 7.07. The van der Waals surface area contributed by atoms with E-state index in [2.05, 4.69) is 11.2 Å². The lowest BCUT2D eigenvalue weighted by molar-refractivity contribution is 0.559. The van der Waals surface area contributed by atoms with E-state index in [1.807, 2.05) is 5.38 Å². The van der Waals surface area contributed by atoms with E-state index in [1.165, 1.54) is 0 Å². The topological polar surface area (TPSA) is 26.0 Å². The molecule has 49 valence electrons. The summed E-state index contributed by atoms with van der Waals surface area (Å²) in [7, 11) is 0. The van der Waals surface area contributed by atoms with Gasteiger partial charge in [-0.2, -0.15) is 0 Å². The Bertz CT molecular complexity index is 253. The number of hydrogen-bond donors (Lipinski definition) is 0. The molecule has 0 saturated heterocycles. The molecule has 10 heavy (non-hydrogen) atoms. The zero-order valence-corrected chi connectivity index (χ0v) is 5.89. The van der Waals surface area contributed by atoms with Crippen LogP contribution < -0.4 is 0 Å². The fraction of sp³-hybridized carbons (Fsp3) is 0. The van der Waals surface area contributed by atoms with Gasteiger partial charge >= 0.3 is 0 Å². The van der Waals surface area contributed by atoms with E-state index >= 15 is 0 Å². The van der Waals surface area contributed by atoms with Crippen molar-refractivity contribution in [2.45, 2.75) is 0 Å². The molecule has 0 aliphatic carbocycles. The van der Waals surface area contributed by atoms with Crippen LogP contribution in [-0.2, 0) is 0 Å². The monoisotopic (exact) mass is 150 g/mol. The molecular weight excluding hydrogens is 146 g/mol. The van der Waals surface area contributed by atoms with E-state index in [9.17, 15) is 0 Å². The summed E-state index contributed by atoms with van der Waals surface area (Å²) in [5.41, 5.74) is 3.73. The smallest absolute Gasteiger partial charge is 0.169 e. The van der Waals surface area contributed by atoms with Crippen molar-refractivity contribution in [1.29, 1.82) is 0 Å². The van der Waals surface area contributed by atoms with Crippen LogP contribution in [0.3, 0.4) is 0 Å². The van der Waals surface area contributed by atoms with Crippen molar-refractivity contribution in [3.63, 3.8) is 0 Å². The summed E-state index contributed by atoms with van der Waals surface area (Å²) in [5, 5.41) is 1.97. The highest BCUT2D eigenvalue weighted by atomic mass is 32.1. The Morgan fingerprint density at radius 2 is 2.60 bits per heavy atom. The third-order valence-corrected chi connectivity index (χ3v) is 1.78. The van der Waals surface area contributed by atoms with Crippen LogP contribution in [0.15, 0.2) is 27.6 Å². The third-order valence-electron chi connectivity index (χ3n) is 1.20. The lowest BCUT2D eigenvalue weighted by Crippen LogP contribution is -1.67. The molecule has 2 aromatic rings. The summed E-state index contributed by atoms with van der Waals surface area (Å²) in [5.74, 6) is 0. The second kappa shape index (κ2) is 2.27. The highest BCUT2D eigenvalue weighted by Crippen LogP contribution is 2.18. The van der Waals surface area contributed by atoms with Crippen molar-refractivity contribution >= 4 is 11.3 Å². The summed E-state index contributed by atoms with van der Waals surface area (Å²) in [6.45, 7) is 0. The summed E-state index contributed by atoms with van der Waals surface area (Å²) in [6.07, 6.45) is 4.24. The van der Waals surface area contributed by atoms with Crippen LogP contribution in [0, 0.1) is 6.26 Å². The molecule has 2 nitrogen and oxygen atoms in total. The van der Waals surface area contributed by atoms with Gasteiger partial charge in [0.15, 0.2) is 6.26 Å². The predicted octanol–water partition coefficient (Wildman–Crippen LogP) is 2.20. The molecule has 3 heteroatoms. The number of aromatic nitrogens is 1. The molecule has 0 fully saturated rings. The minimum Gasteiger partial charge on any atom is -0.460 e. The number of hydrogen-bond acceptors (Lipinski definition) is 3. The number of furan rings is 1. The van der Waals surface area contributed by atoms with E-state index in [4.69, 9.17) is 4.42 Å². The van der Waals surface area contributed by atoms with E-state index in [-0.39, 0.29) is 0 Å². The average Bonchev–Trinajstić information content (AvgIpc) is 2.59. The first-order valence-corrected chi connectivity index (χ1v) is 3.74. The standard InChI is InChI=1S/C7H4NOS/c1-2-9-3-6(1)7-4-10-5-8-7/h1,3-5H. The molecule has 0 bridgehead atoms. The Balaban J connectivity index is 2.48. The molecule has 0 aliphatic heterocycles. The Labute approximate surface area is 62.1 Å². The van der Waals surface area contributed by atoms with E-state index in [1.54, 1.807) is 29.2 Å². The Morgan fingerprint density at radius 3 is 3.20 bits per heavy atom. The van der Waals surface area contributed by atoms with Gasteiger partial charge in [-0.25, -0.2) is 4.98 Å². The third kappa shape index (κ3) is 0.844. The Morgan fingerprint density at radius 1 is 1.60 bits per heavy atom. The van der Waals surface area contributed by atoms with Gasteiger partial charge in [0, 0.05) is 10.9 Å². The average molecular weight is 150 g/mol. The van der Waals surface area contributed by atoms with Crippen LogP contribution in [0.25, 0.3) is 11.3 Å². The first kappa shape index (κ1) is 5.68. The lowest BCUT2D eigenvalue weighted by atomic mass is 10.3. The molecule has 0 unspecified atom stereocenters. The molecule has 0 spiro atoms. The second-order valence-corrected chi connectivity index (χ2v) is 2.55. The van der Waals surface area contributed by atoms with E-state index in [0.717, 1.165) is 11.3 Å². The molecular formula is C7H4NOS. The van der Waals surface area contributed by atoms with Gasteiger partial charge in [-0.05, 0) is 6.07 Å². The zero-order valence-electron chi connectivity index (χ0n) is 5.07. The first-order chi connectivity index (χ1) is 4.97. The van der Waals surface area contributed by atoms with Crippen LogP contribution in [0.1, 0.15) is 0 Å². The maximum absolute atomic E-state index is 4.78. The Kier molecular flexibility index (Phi) is 1.29. The van der Waals surface area contributed by atoms with Crippen LogP contribution >= 0.6 is 11.3 Å². The first-order valence-electron chi connectivity index (χ1n) is 2.80. The molecule has 0 N–H and O–H groups in total. The van der Waals surface area contributed by atoms with Gasteiger partial charge in [0.25, 0.3) is 0 Å². The minimum atomic E-state index is 0.954. The van der Waals surface area contributed by atoms with Crippen molar-refractivity contribution in [3.05, 3.63) is 29.5 Å². The van der Waals surface area contributed by atoms with Crippen LogP contribution in [0.4, 0.5) is 0 Å². The quantitative estimate of drug-likeness (QED) is 0.622. The maximum Gasteiger partial charge on any atom is 0.169 e. The molecule has 2 aromatic heterocycles. The van der Waals surface area contributed by atoms with Gasteiger partial charge in [-0.3, -0.25) is 0 Å². The van der Waals surface area contributed by atoms with Crippen molar-refractivity contribution in [3.8, 4) is 11.3 Å². The number of rotatable bonds is 1. The SMILES string of the molecule is [c]1cc(-c2cscn2)co1. The van der Waals surface area contributed by atoms with Gasteiger partial charge in [-0.15, -0.1) is 11.3 Å². The molecule has 1 radical (unpaired) electrons. The number of nitrogens with zero attached hydrogens (tertiary/aromatic N) is 1. The fourth-order valence-electron chi connectivity index (χ4n) is 0.718. The highest BCUT2D eigenvalue weighted by Gasteiger charge is 1.98. The van der Waals surface area contributed by atoms with Gasteiger partial charge in [0.2, 0.25) is 0 Å².